The maximum Gasteiger partial charge on any atom is 0.269 e. The molecule has 1 aliphatic carbocycles. The van der Waals surface area contributed by atoms with Crippen molar-refractivity contribution in [3.63, 3.8) is 0 Å². The number of amides is 1. The van der Waals surface area contributed by atoms with Gasteiger partial charge in [-0.05, 0) is 55.5 Å². The first-order valence-electron chi connectivity index (χ1n) is 10.8. The highest BCUT2D eigenvalue weighted by molar-refractivity contribution is 5.99. The first-order valence-corrected chi connectivity index (χ1v) is 10.8. The lowest BCUT2D eigenvalue weighted by atomic mass is 9.68. The summed E-state index contributed by atoms with van der Waals surface area (Å²) in [6.07, 6.45) is 6.61. The normalized spacial score (nSPS) is 15.4. The number of benzene rings is 2. The van der Waals surface area contributed by atoms with Gasteiger partial charge in [-0.25, -0.2) is 0 Å². The number of hydrogen-bond donors (Lipinski definition) is 1. The van der Waals surface area contributed by atoms with Crippen LogP contribution in [0.1, 0.15) is 63.0 Å². The number of nitrogens with one attached hydrogen (secondary N) is 1. The van der Waals surface area contributed by atoms with E-state index in [0.29, 0.717) is 6.61 Å². The minimum atomic E-state index is -0.655. The minimum Gasteiger partial charge on any atom is -0.493 e. The molecule has 0 heterocycles. The maximum absolute atomic E-state index is 13.4. The van der Waals surface area contributed by atoms with Crippen molar-refractivity contribution < 1.29 is 14.5 Å². The number of unbranched alkanes of at least 4 members (excludes halogenated alkanes) is 1. The van der Waals surface area contributed by atoms with E-state index in [9.17, 15) is 14.9 Å². The molecule has 6 nitrogen and oxygen atoms in total. The lowest BCUT2D eigenvalue weighted by molar-refractivity contribution is -0.384. The number of nitrogens with zero attached hydrogens (tertiary/aromatic N) is 1. The molecular formula is C24H30N2O4. The molecule has 0 bridgehead atoms. The van der Waals surface area contributed by atoms with Crippen molar-refractivity contribution in [1.29, 1.82) is 0 Å². The second kappa shape index (κ2) is 9.74. The molecule has 0 radical (unpaired) electrons. The summed E-state index contributed by atoms with van der Waals surface area (Å²) in [7, 11) is 0. The number of carbonyl (C=O) groups is 1. The van der Waals surface area contributed by atoms with Crippen molar-refractivity contribution in [2.45, 2.75) is 64.2 Å². The number of rotatable bonds is 8. The molecule has 0 unspecified atom stereocenters. The van der Waals surface area contributed by atoms with Gasteiger partial charge in [-0.2, -0.15) is 0 Å². The highest BCUT2D eigenvalue weighted by Crippen LogP contribution is 2.41. The second-order valence-corrected chi connectivity index (χ2v) is 8.08. The molecule has 6 heteroatoms. The fraction of sp³-hybridized carbons (Fsp3) is 0.458. The Morgan fingerprint density at radius 1 is 1.13 bits per heavy atom. The maximum atomic E-state index is 13.4. The summed E-state index contributed by atoms with van der Waals surface area (Å²) in [4.78, 5) is 24.0. The fourth-order valence-electron chi connectivity index (χ4n) is 4.17. The highest BCUT2D eigenvalue weighted by atomic mass is 16.6. The van der Waals surface area contributed by atoms with Crippen molar-refractivity contribution >= 4 is 17.3 Å². The molecule has 1 fully saturated rings. The number of anilines is 1. The number of nitro groups is 1. The molecule has 0 saturated heterocycles. The molecule has 1 aliphatic rings. The van der Waals surface area contributed by atoms with Crippen LogP contribution in [0.3, 0.4) is 0 Å². The molecule has 1 saturated carbocycles. The highest BCUT2D eigenvalue weighted by Gasteiger charge is 2.41. The number of hydrogen-bond acceptors (Lipinski definition) is 4. The van der Waals surface area contributed by atoms with E-state index in [2.05, 4.69) is 12.2 Å². The molecule has 160 valence electrons. The predicted octanol–water partition coefficient (Wildman–Crippen LogP) is 5.92. The summed E-state index contributed by atoms with van der Waals surface area (Å²) in [5.41, 5.74) is 1.96. The number of ether oxygens (including phenoxy) is 1. The van der Waals surface area contributed by atoms with Crippen molar-refractivity contribution in [3.8, 4) is 5.75 Å². The Balaban J connectivity index is 1.80. The van der Waals surface area contributed by atoms with E-state index in [4.69, 9.17) is 4.74 Å². The van der Waals surface area contributed by atoms with Crippen LogP contribution in [0.25, 0.3) is 0 Å². The second-order valence-electron chi connectivity index (χ2n) is 8.08. The van der Waals surface area contributed by atoms with Crippen LogP contribution in [0, 0.1) is 17.0 Å². The number of nitro benzene ring substituents is 1. The zero-order chi connectivity index (χ0) is 21.6. The molecule has 2 aromatic rings. The van der Waals surface area contributed by atoms with Gasteiger partial charge in [-0.15, -0.1) is 0 Å². The summed E-state index contributed by atoms with van der Waals surface area (Å²) in [5, 5.41) is 14.1. The number of non-ortho nitro benzene ring substituents is 1. The number of aryl methyl sites for hydroxylation is 1. The van der Waals surface area contributed by atoms with Crippen LogP contribution in [0.2, 0.25) is 0 Å². The summed E-state index contributed by atoms with van der Waals surface area (Å²) < 4.78 is 5.81. The van der Waals surface area contributed by atoms with Crippen LogP contribution >= 0.6 is 0 Å². The Labute approximate surface area is 177 Å². The first-order chi connectivity index (χ1) is 14.5. The van der Waals surface area contributed by atoms with Gasteiger partial charge in [0.1, 0.15) is 5.75 Å². The summed E-state index contributed by atoms with van der Waals surface area (Å²) in [6, 6.07) is 12.2. The van der Waals surface area contributed by atoms with E-state index >= 15 is 0 Å². The van der Waals surface area contributed by atoms with E-state index in [0.717, 1.165) is 67.5 Å². The topological polar surface area (TPSA) is 81.5 Å². The Kier molecular flexibility index (Phi) is 7.08. The van der Waals surface area contributed by atoms with Gasteiger partial charge in [-0.1, -0.05) is 44.7 Å². The molecular weight excluding hydrogens is 380 g/mol. The molecule has 1 N–H and O–H groups in total. The van der Waals surface area contributed by atoms with E-state index in [1.54, 1.807) is 12.1 Å². The third kappa shape index (κ3) is 4.81. The van der Waals surface area contributed by atoms with Crippen molar-refractivity contribution in [1.82, 2.24) is 0 Å². The van der Waals surface area contributed by atoms with Crippen LogP contribution in [-0.4, -0.2) is 17.4 Å². The van der Waals surface area contributed by atoms with Gasteiger partial charge in [0, 0.05) is 17.8 Å². The zero-order valence-corrected chi connectivity index (χ0v) is 17.8. The van der Waals surface area contributed by atoms with E-state index in [1.807, 2.05) is 25.1 Å². The lowest BCUT2D eigenvalue weighted by Gasteiger charge is -2.36. The average Bonchev–Trinajstić information content (AvgIpc) is 2.76. The average molecular weight is 411 g/mol. The molecule has 3 rings (SSSR count). The van der Waals surface area contributed by atoms with Gasteiger partial charge < -0.3 is 10.1 Å². The lowest BCUT2D eigenvalue weighted by Crippen LogP contribution is -2.42. The molecule has 2 aromatic carbocycles. The molecule has 0 atom stereocenters. The van der Waals surface area contributed by atoms with Crippen molar-refractivity contribution in [2.24, 2.45) is 0 Å². The van der Waals surface area contributed by atoms with E-state index < -0.39 is 10.3 Å². The number of carbonyl (C=O) groups excluding carboxylic acids is 1. The zero-order valence-electron chi connectivity index (χ0n) is 17.8. The Morgan fingerprint density at radius 2 is 1.83 bits per heavy atom. The SMILES string of the molecule is CCCCOc1ccc(NC(=O)C2(c3ccc([N+](=O)[O-])cc3)CCCCC2)cc1C. The standard InChI is InChI=1S/C24H30N2O4/c1-3-4-16-30-22-13-10-20(17-18(22)2)25-23(27)24(14-6-5-7-15-24)19-8-11-21(12-9-19)26(28)29/h8-13,17H,3-7,14-16H2,1-2H3,(H,25,27). The summed E-state index contributed by atoms with van der Waals surface area (Å²) in [5.74, 6) is 0.791. The molecule has 30 heavy (non-hydrogen) atoms. The van der Waals surface area contributed by atoms with Crippen molar-refractivity contribution in [2.75, 3.05) is 11.9 Å². The van der Waals surface area contributed by atoms with Gasteiger partial charge in [0.25, 0.3) is 5.69 Å². The fourth-order valence-corrected chi connectivity index (χ4v) is 4.17. The van der Waals surface area contributed by atoms with Gasteiger partial charge >= 0.3 is 0 Å². The first kappa shape index (κ1) is 21.8. The van der Waals surface area contributed by atoms with Crippen LogP contribution in [0.5, 0.6) is 5.75 Å². The third-order valence-corrected chi connectivity index (χ3v) is 5.96. The van der Waals surface area contributed by atoms with Crippen LogP contribution < -0.4 is 10.1 Å². The van der Waals surface area contributed by atoms with Crippen LogP contribution in [0.15, 0.2) is 42.5 Å². The van der Waals surface area contributed by atoms with Gasteiger partial charge in [-0.3, -0.25) is 14.9 Å². The molecule has 0 aliphatic heterocycles. The summed E-state index contributed by atoms with van der Waals surface area (Å²) >= 11 is 0. The van der Waals surface area contributed by atoms with Crippen molar-refractivity contribution in [3.05, 3.63) is 63.7 Å². The quantitative estimate of drug-likeness (QED) is 0.332. The van der Waals surface area contributed by atoms with Gasteiger partial charge in [0.05, 0.1) is 16.9 Å². The predicted molar refractivity (Wildman–Crippen MR) is 118 cm³/mol. The molecule has 0 aromatic heterocycles. The Bertz CT molecular complexity index is 887. The van der Waals surface area contributed by atoms with Crippen LogP contribution in [-0.2, 0) is 10.2 Å². The summed E-state index contributed by atoms with van der Waals surface area (Å²) in [6.45, 7) is 4.79. The van der Waals surface area contributed by atoms with Gasteiger partial charge in [0.2, 0.25) is 5.91 Å². The monoisotopic (exact) mass is 410 g/mol. The van der Waals surface area contributed by atoms with Gasteiger partial charge in [0.15, 0.2) is 0 Å². The third-order valence-electron chi connectivity index (χ3n) is 5.96. The van der Waals surface area contributed by atoms with E-state index in [-0.39, 0.29) is 11.6 Å². The largest absolute Gasteiger partial charge is 0.493 e. The molecule has 0 spiro atoms. The van der Waals surface area contributed by atoms with E-state index in [1.165, 1.54) is 12.1 Å². The smallest absolute Gasteiger partial charge is 0.269 e. The van der Waals surface area contributed by atoms with Crippen LogP contribution in [0.4, 0.5) is 11.4 Å². The minimum absolute atomic E-state index is 0.0411. The molecule has 1 amide bonds. The Morgan fingerprint density at radius 3 is 2.43 bits per heavy atom. The Hall–Kier alpha value is -2.89.